The van der Waals surface area contributed by atoms with Crippen LogP contribution in [0, 0.1) is 0 Å². The summed E-state index contributed by atoms with van der Waals surface area (Å²) in [6.07, 6.45) is 88.6. The first-order valence-electron chi connectivity index (χ1n) is 38.2. The van der Waals surface area contributed by atoms with Crippen molar-refractivity contribution in [3.63, 3.8) is 0 Å². The number of phosphoric acid groups is 1. The number of aliphatic hydroxyl groups is 1. The molecule has 85 heavy (non-hydrogen) atoms. The zero-order valence-electron chi connectivity index (χ0n) is 58.1. The Bertz CT molecular complexity index is 1430. The first kappa shape index (κ1) is 84.0. The molecule has 0 rings (SSSR count). The molecule has 2 N–H and O–H groups in total. The van der Waals surface area contributed by atoms with E-state index in [-0.39, 0.29) is 19.1 Å². The van der Waals surface area contributed by atoms with Crippen LogP contribution in [-0.4, -0.2) is 68.5 Å². The van der Waals surface area contributed by atoms with Crippen LogP contribution in [-0.2, 0) is 18.4 Å². The Balaban J connectivity index is 3.92. The summed E-state index contributed by atoms with van der Waals surface area (Å²) in [5.74, 6) is -0.156. The third kappa shape index (κ3) is 70.3. The van der Waals surface area contributed by atoms with Crippen molar-refractivity contribution in [2.24, 2.45) is 0 Å². The first-order valence-corrected chi connectivity index (χ1v) is 39.6. The van der Waals surface area contributed by atoms with Gasteiger partial charge in [0.1, 0.15) is 13.2 Å². The molecular formula is C76H151N2O6P. The molecule has 3 unspecified atom stereocenters. The van der Waals surface area contributed by atoms with Crippen LogP contribution < -0.4 is 10.2 Å². The number of hydrogen-bond acceptors (Lipinski definition) is 6. The van der Waals surface area contributed by atoms with Crippen molar-refractivity contribution in [3.8, 4) is 0 Å². The fraction of sp³-hybridized carbons (Fsp3) is 0.934. The Morgan fingerprint density at radius 1 is 0.412 bits per heavy atom. The third-order valence-electron chi connectivity index (χ3n) is 17.9. The van der Waals surface area contributed by atoms with Crippen molar-refractivity contribution < 1.29 is 32.9 Å². The number of rotatable bonds is 72. The zero-order valence-corrected chi connectivity index (χ0v) is 59.0. The number of hydrogen-bond donors (Lipinski definition) is 2. The molecule has 8 nitrogen and oxygen atoms in total. The lowest BCUT2D eigenvalue weighted by Crippen LogP contribution is -2.46. The first-order chi connectivity index (χ1) is 41.5. The van der Waals surface area contributed by atoms with Crippen LogP contribution in [0.15, 0.2) is 24.3 Å². The van der Waals surface area contributed by atoms with Gasteiger partial charge in [-0.1, -0.05) is 378 Å². The van der Waals surface area contributed by atoms with Gasteiger partial charge in [-0.15, -0.1) is 0 Å². The molecule has 0 aliphatic carbocycles. The lowest BCUT2D eigenvalue weighted by atomic mass is 10.0. The van der Waals surface area contributed by atoms with Crippen molar-refractivity contribution in [2.75, 3.05) is 40.9 Å². The number of quaternary nitrogens is 1. The van der Waals surface area contributed by atoms with Gasteiger partial charge in [0.15, 0.2) is 0 Å². The number of likely N-dealkylation sites (N-methyl/N-ethyl adjacent to an activating group) is 1. The van der Waals surface area contributed by atoms with Crippen LogP contribution in [0.5, 0.6) is 0 Å². The molecule has 0 aromatic heterocycles. The predicted octanol–water partition coefficient (Wildman–Crippen LogP) is 24.0. The summed E-state index contributed by atoms with van der Waals surface area (Å²) in [4.78, 5) is 25.7. The highest BCUT2D eigenvalue weighted by Crippen LogP contribution is 2.38. The van der Waals surface area contributed by atoms with Crippen molar-refractivity contribution >= 4 is 13.7 Å². The molecule has 0 fully saturated rings. The second-order valence-corrected chi connectivity index (χ2v) is 29.1. The average molecular weight is 1220 g/mol. The lowest BCUT2D eigenvalue weighted by Gasteiger charge is -2.30. The van der Waals surface area contributed by atoms with Gasteiger partial charge >= 0.3 is 0 Å². The molecule has 0 radical (unpaired) electrons. The maximum atomic E-state index is 13.1. The number of nitrogens with one attached hydrogen (secondary N) is 1. The van der Waals surface area contributed by atoms with Crippen LogP contribution >= 0.6 is 7.82 Å². The quantitative estimate of drug-likeness (QED) is 0.0272. The average Bonchev–Trinajstić information content (AvgIpc) is 3.49. The molecular weight excluding hydrogens is 1070 g/mol. The number of nitrogens with zero attached hydrogens (tertiary/aromatic N) is 1. The van der Waals surface area contributed by atoms with Gasteiger partial charge in [0.05, 0.1) is 39.9 Å². The van der Waals surface area contributed by atoms with Gasteiger partial charge in [-0.05, 0) is 44.9 Å². The van der Waals surface area contributed by atoms with Gasteiger partial charge in [0.2, 0.25) is 5.91 Å². The minimum atomic E-state index is -4.58. The van der Waals surface area contributed by atoms with E-state index in [9.17, 15) is 19.4 Å². The van der Waals surface area contributed by atoms with E-state index in [1.54, 1.807) is 0 Å². The number of carbonyl (C=O) groups excluding carboxylic acids is 1. The van der Waals surface area contributed by atoms with E-state index in [4.69, 9.17) is 9.05 Å². The minimum Gasteiger partial charge on any atom is -0.756 e. The molecule has 1 amide bonds. The van der Waals surface area contributed by atoms with Crippen LogP contribution in [0.3, 0.4) is 0 Å². The van der Waals surface area contributed by atoms with Gasteiger partial charge in [0, 0.05) is 6.42 Å². The van der Waals surface area contributed by atoms with E-state index in [0.717, 1.165) is 44.9 Å². The molecule has 0 aliphatic rings. The maximum Gasteiger partial charge on any atom is 0.268 e. The normalized spacial score (nSPS) is 13.6. The Morgan fingerprint density at radius 3 is 0.976 bits per heavy atom. The molecule has 3 atom stereocenters. The van der Waals surface area contributed by atoms with Crippen molar-refractivity contribution in [3.05, 3.63) is 24.3 Å². The summed E-state index contributed by atoms with van der Waals surface area (Å²) in [5.41, 5.74) is 0. The second kappa shape index (κ2) is 67.4. The largest absolute Gasteiger partial charge is 0.756 e. The van der Waals surface area contributed by atoms with Gasteiger partial charge in [-0.2, -0.15) is 0 Å². The van der Waals surface area contributed by atoms with E-state index >= 15 is 0 Å². The highest BCUT2D eigenvalue weighted by Gasteiger charge is 2.24. The van der Waals surface area contributed by atoms with E-state index < -0.39 is 20.0 Å². The number of amides is 1. The Kier molecular flexibility index (Phi) is 66.6. The summed E-state index contributed by atoms with van der Waals surface area (Å²) in [5, 5.41) is 14.1. The molecule has 0 heterocycles. The van der Waals surface area contributed by atoms with Gasteiger partial charge < -0.3 is 28.8 Å². The lowest BCUT2D eigenvalue weighted by molar-refractivity contribution is -0.870. The number of allylic oxidation sites excluding steroid dienone is 4. The van der Waals surface area contributed by atoms with Crippen LogP contribution in [0.4, 0.5) is 0 Å². The summed E-state index contributed by atoms with van der Waals surface area (Å²) < 4.78 is 23.6. The fourth-order valence-electron chi connectivity index (χ4n) is 12.0. The van der Waals surface area contributed by atoms with Crippen LogP contribution in [0.2, 0.25) is 0 Å². The smallest absolute Gasteiger partial charge is 0.268 e. The van der Waals surface area contributed by atoms with E-state index in [1.807, 2.05) is 21.1 Å². The molecule has 9 heteroatoms. The molecule has 506 valence electrons. The highest BCUT2D eigenvalue weighted by atomic mass is 31.2. The number of unbranched alkanes of at least 4 members (excludes halogenated alkanes) is 55. The summed E-state index contributed by atoms with van der Waals surface area (Å²) in [6, 6.07) is -0.800. The van der Waals surface area contributed by atoms with E-state index in [1.165, 1.54) is 334 Å². The van der Waals surface area contributed by atoms with Crippen molar-refractivity contribution in [1.82, 2.24) is 5.32 Å². The van der Waals surface area contributed by atoms with Crippen molar-refractivity contribution in [2.45, 2.75) is 418 Å². The van der Waals surface area contributed by atoms with E-state index in [0.29, 0.717) is 23.9 Å². The van der Waals surface area contributed by atoms with Gasteiger partial charge in [0.25, 0.3) is 7.82 Å². The molecule has 0 saturated heterocycles. The molecule has 0 bridgehead atoms. The number of phosphoric ester groups is 1. The molecule has 0 saturated carbocycles. The Hall–Kier alpha value is -1.02. The van der Waals surface area contributed by atoms with Crippen LogP contribution in [0.25, 0.3) is 0 Å². The van der Waals surface area contributed by atoms with E-state index in [2.05, 4.69) is 43.5 Å². The minimum absolute atomic E-state index is 0.0148. The standard InChI is InChI=1S/C76H151N2O6P/c1-6-8-10-12-14-16-18-20-22-24-26-28-30-32-33-34-35-36-37-38-39-40-41-42-43-44-45-46-48-50-52-54-56-58-60-62-64-66-68-70-76(80)77-74(73-84-85(81,82)83-72-71-78(3,4)5)75(79)69-67-65-63-61-59-57-55-53-51-49-47-31-29-27-25-23-21-19-17-15-13-11-9-7-2/h35-36,38-39,74-75,79H,6-34,37,40-73H2,1-5H3,(H-,77,80,81,82)/b36-35-,39-38-. The SMILES string of the molecule is CCCCCCCCCCCCCCCCC/C=C\C/C=C\CCCCCCCCCCCCCCCCCCCC(=O)NC(COP(=O)([O-])OCC[N+](C)(C)C)C(O)CCCCCCCCCCCCCCCCCCCCCCCCCC. The number of carbonyl (C=O) groups is 1. The third-order valence-corrected chi connectivity index (χ3v) is 18.9. The maximum absolute atomic E-state index is 13.1. The summed E-state index contributed by atoms with van der Waals surface area (Å²) in [6.45, 7) is 4.79. The second-order valence-electron chi connectivity index (χ2n) is 27.7. The summed E-state index contributed by atoms with van der Waals surface area (Å²) >= 11 is 0. The summed E-state index contributed by atoms with van der Waals surface area (Å²) in [7, 11) is 1.33. The van der Waals surface area contributed by atoms with Crippen molar-refractivity contribution in [1.29, 1.82) is 0 Å². The van der Waals surface area contributed by atoms with Gasteiger partial charge in [-0.3, -0.25) is 9.36 Å². The Morgan fingerprint density at radius 2 is 0.682 bits per heavy atom. The Labute approximate surface area is 532 Å². The fourth-order valence-corrected chi connectivity index (χ4v) is 12.7. The highest BCUT2D eigenvalue weighted by molar-refractivity contribution is 7.45. The monoisotopic (exact) mass is 1220 g/mol. The molecule has 0 aromatic carbocycles. The molecule has 0 aromatic rings. The zero-order chi connectivity index (χ0) is 61.9. The predicted molar refractivity (Wildman–Crippen MR) is 372 cm³/mol. The molecule has 0 spiro atoms. The topological polar surface area (TPSA) is 108 Å². The van der Waals surface area contributed by atoms with Crippen LogP contribution in [0.1, 0.15) is 406 Å². The van der Waals surface area contributed by atoms with Gasteiger partial charge in [-0.25, -0.2) is 0 Å². The molecule has 0 aliphatic heterocycles. The number of aliphatic hydroxyl groups excluding tert-OH is 1.